The first-order chi connectivity index (χ1) is 7.52. The van der Waals surface area contributed by atoms with E-state index in [1.165, 1.54) is 16.3 Å². The Balaban J connectivity index is 2.68. The zero-order valence-corrected chi connectivity index (χ0v) is 10.1. The van der Waals surface area contributed by atoms with Gasteiger partial charge in [0.05, 0.1) is 5.69 Å². The van der Waals surface area contributed by atoms with Gasteiger partial charge >= 0.3 is 0 Å². The van der Waals surface area contributed by atoms with Gasteiger partial charge < -0.3 is 5.73 Å². The van der Waals surface area contributed by atoms with Crippen LogP contribution in [0.1, 0.15) is 32.0 Å². The first-order valence-electron chi connectivity index (χ1n) is 5.60. The Morgan fingerprint density at radius 2 is 1.94 bits per heavy atom. The lowest BCUT2D eigenvalue weighted by molar-refractivity contribution is 0.591. The molecule has 2 heteroatoms. The molecule has 0 bridgehead atoms. The Kier molecular flexibility index (Phi) is 2.68. The smallest absolute Gasteiger partial charge is 0.0617 e. The lowest BCUT2D eigenvalue weighted by Gasteiger charge is -2.19. The van der Waals surface area contributed by atoms with Gasteiger partial charge in [0, 0.05) is 18.1 Å². The second-order valence-corrected chi connectivity index (χ2v) is 5.15. The van der Waals surface area contributed by atoms with Gasteiger partial charge in [0.25, 0.3) is 0 Å². The molecular weight excluding hydrogens is 196 g/mol. The number of aromatic nitrogens is 1. The fraction of sp³-hybridized carbons (Fsp3) is 0.357. The molecule has 0 radical (unpaired) electrons. The number of hydrogen-bond donors (Lipinski definition) is 1. The second-order valence-electron chi connectivity index (χ2n) is 5.15. The standard InChI is InChI=1S/C14H18N2/c1-14(2,3)11-5-4-10-6-7-16-13(9-15)12(10)8-11/h4-8H,9,15H2,1-3H3. The predicted molar refractivity (Wildman–Crippen MR) is 68.3 cm³/mol. The molecule has 1 aromatic carbocycles. The quantitative estimate of drug-likeness (QED) is 0.792. The molecule has 1 heterocycles. The fourth-order valence-electron chi connectivity index (χ4n) is 1.86. The van der Waals surface area contributed by atoms with E-state index in [9.17, 15) is 0 Å². The number of nitrogens with two attached hydrogens (primary N) is 1. The Morgan fingerprint density at radius 3 is 2.56 bits per heavy atom. The number of rotatable bonds is 1. The first kappa shape index (κ1) is 11.1. The molecule has 2 aromatic rings. The second kappa shape index (κ2) is 3.87. The zero-order chi connectivity index (χ0) is 11.8. The molecule has 0 unspecified atom stereocenters. The number of fused-ring (bicyclic) bond motifs is 1. The normalized spacial score (nSPS) is 12.0. The molecule has 0 amide bonds. The van der Waals surface area contributed by atoms with Crippen molar-refractivity contribution in [1.29, 1.82) is 0 Å². The number of benzene rings is 1. The number of pyridine rings is 1. The van der Waals surface area contributed by atoms with Gasteiger partial charge in [0.1, 0.15) is 0 Å². The maximum absolute atomic E-state index is 5.71. The van der Waals surface area contributed by atoms with Crippen LogP contribution < -0.4 is 5.73 Å². The molecule has 0 saturated carbocycles. The van der Waals surface area contributed by atoms with Crippen LogP contribution >= 0.6 is 0 Å². The van der Waals surface area contributed by atoms with Gasteiger partial charge in [-0.05, 0) is 28.5 Å². The Morgan fingerprint density at radius 1 is 1.19 bits per heavy atom. The highest BCUT2D eigenvalue weighted by atomic mass is 14.7. The molecular formula is C14H18N2. The maximum atomic E-state index is 5.71. The van der Waals surface area contributed by atoms with Gasteiger partial charge in [-0.3, -0.25) is 4.98 Å². The molecule has 2 rings (SSSR count). The van der Waals surface area contributed by atoms with Gasteiger partial charge in [0.2, 0.25) is 0 Å². The van der Waals surface area contributed by atoms with Crippen LogP contribution in [0.15, 0.2) is 30.5 Å². The molecule has 0 saturated heterocycles. The van der Waals surface area contributed by atoms with Crippen LogP contribution in [-0.2, 0) is 12.0 Å². The highest BCUT2D eigenvalue weighted by Gasteiger charge is 2.14. The predicted octanol–water partition coefficient (Wildman–Crippen LogP) is 2.99. The van der Waals surface area contributed by atoms with Crippen molar-refractivity contribution in [2.75, 3.05) is 0 Å². The molecule has 1 aromatic heterocycles. The topological polar surface area (TPSA) is 38.9 Å². The molecule has 0 aliphatic heterocycles. The van der Waals surface area contributed by atoms with Crippen molar-refractivity contribution in [2.24, 2.45) is 5.73 Å². The molecule has 0 atom stereocenters. The Labute approximate surface area is 96.5 Å². The minimum Gasteiger partial charge on any atom is -0.325 e. The van der Waals surface area contributed by atoms with E-state index in [2.05, 4.69) is 44.0 Å². The molecule has 2 nitrogen and oxygen atoms in total. The van der Waals surface area contributed by atoms with Gasteiger partial charge in [-0.25, -0.2) is 0 Å². The summed E-state index contributed by atoms with van der Waals surface area (Å²) in [5, 5.41) is 2.39. The average molecular weight is 214 g/mol. The summed E-state index contributed by atoms with van der Waals surface area (Å²) in [7, 11) is 0. The summed E-state index contributed by atoms with van der Waals surface area (Å²) in [5.41, 5.74) is 8.17. The van der Waals surface area contributed by atoms with E-state index in [0.29, 0.717) is 6.54 Å². The van der Waals surface area contributed by atoms with Crippen LogP contribution in [0, 0.1) is 0 Å². The summed E-state index contributed by atoms with van der Waals surface area (Å²) in [4.78, 5) is 4.32. The summed E-state index contributed by atoms with van der Waals surface area (Å²) in [5.74, 6) is 0. The van der Waals surface area contributed by atoms with Crippen LogP contribution in [0.4, 0.5) is 0 Å². The molecule has 84 valence electrons. The molecule has 0 spiro atoms. The van der Waals surface area contributed by atoms with E-state index in [1.54, 1.807) is 0 Å². The van der Waals surface area contributed by atoms with Crippen LogP contribution in [0.25, 0.3) is 10.8 Å². The van der Waals surface area contributed by atoms with Gasteiger partial charge in [-0.2, -0.15) is 0 Å². The van der Waals surface area contributed by atoms with Crippen LogP contribution in [-0.4, -0.2) is 4.98 Å². The molecule has 0 aliphatic carbocycles. The highest BCUT2D eigenvalue weighted by Crippen LogP contribution is 2.26. The lowest BCUT2D eigenvalue weighted by Crippen LogP contribution is -2.11. The van der Waals surface area contributed by atoms with Crippen molar-refractivity contribution in [3.8, 4) is 0 Å². The van der Waals surface area contributed by atoms with Crippen molar-refractivity contribution in [3.63, 3.8) is 0 Å². The van der Waals surface area contributed by atoms with E-state index in [0.717, 1.165) is 5.69 Å². The van der Waals surface area contributed by atoms with Crippen molar-refractivity contribution in [1.82, 2.24) is 4.98 Å². The number of nitrogens with zero attached hydrogens (tertiary/aromatic N) is 1. The maximum Gasteiger partial charge on any atom is 0.0617 e. The minimum absolute atomic E-state index is 0.163. The minimum atomic E-state index is 0.163. The van der Waals surface area contributed by atoms with Gasteiger partial charge in [-0.15, -0.1) is 0 Å². The summed E-state index contributed by atoms with van der Waals surface area (Å²) in [6.45, 7) is 7.14. The summed E-state index contributed by atoms with van der Waals surface area (Å²) >= 11 is 0. The van der Waals surface area contributed by atoms with Gasteiger partial charge in [0.15, 0.2) is 0 Å². The lowest BCUT2D eigenvalue weighted by atomic mass is 9.86. The molecule has 0 fully saturated rings. The summed E-state index contributed by atoms with van der Waals surface area (Å²) in [6, 6.07) is 8.57. The number of hydrogen-bond acceptors (Lipinski definition) is 2. The molecule has 16 heavy (non-hydrogen) atoms. The van der Waals surface area contributed by atoms with Crippen molar-refractivity contribution >= 4 is 10.8 Å². The first-order valence-corrected chi connectivity index (χ1v) is 5.60. The average Bonchev–Trinajstić information content (AvgIpc) is 2.26. The van der Waals surface area contributed by atoms with Crippen LogP contribution in [0.2, 0.25) is 0 Å². The summed E-state index contributed by atoms with van der Waals surface area (Å²) < 4.78 is 0. The van der Waals surface area contributed by atoms with Crippen molar-refractivity contribution < 1.29 is 0 Å². The monoisotopic (exact) mass is 214 g/mol. The van der Waals surface area contributed by atoms with Crippen molar-refractivity contribution in [2.45, 2.75) is 32.7 Å². The third-order valence-electron chi connectivity index (χ3n) is 2.91. The molecule has 2 N–H and O–H groups in total. The van der Waals surface area contributed by atoms with Crippen LogP contribution in [0.5, 0.6) is 0 Å². The molecule has 0 aliphatic rings. The highest BCUT2D eigenvalue weighted by molar-refractivity contribution is 5.85. The van der Waals surface area contributed by atoms with E-state index in [4.69, 9.17) is 5.73 Å². The third kappa shape index (κ3) is 1.93. The Bertz CT molecular complexity index is 510. The van der Waals surface area contributed by atoms with E-state index in [1.807, 2.05) is 12.3 Å². The Hall–Kier alpha value is -1.41. The largest absolute Gasteiger partial charge is 0.325 e. The third-order valence-corrected chi connectivity index (χ3v) is 2.91. The van der Waals surface area contributed by atoms with E-state index < -0.39 is 0 Å². The zero-order valence-electron chi connectivity index (χ0n) is 10.1. The fourth-order valence-corrected chi connectivity index (χ4v) is 1.86. The van der Waals surface area contributed by atoms with Crippen molar-refractivity contribution in [3.05, 3.63) is 41.7 Å². The van der Waals surface area contributed by atoms with E-state index in [-0.39, 0.29) is 5.41 Å². The van der Waals surface area contributed by atoms with Crippen LogP contribution in [0.3, 0.4) is 0 Å². The SMILES string of the molecule is CC(C)(C)c1ccc2ccnc(CN)c2c1. The summed E-state index contributed by atoms with van der Waals surface area (Å²) in [6.07, 6.45) is 1.82. The van der Waals surface area contributed by atoms with E-state index >= 15 is 0 Å². The van der Waals surface area contributed by atoms with Gasteiger partial charge in [-0.1, -0.05) is 32.9 Å².